The van der Waals surface area contributed by atoms with Gasteiger partial charge in [0, 0.05) is 5.56 Å². The molecule has 3 nitrogen and oxygen atoms in total. The molecule has 0 radical (unpaired) electrons. The molecule has 92 valence electrons. The van der Waals surface area contributed by atoms with E-state index < -0.39 is 23.5 Å². The molecule has 0 saturated carbocycles. The van der Waals surface area contributed by atoms with E-state index in [-0.39, 0.29) is 5.56 Å². The monoisotopic (exact) mass is 238 g/mol. The molecule has 1 atom stereocenters. The molecule has 4 heteroatoms. The standard InChI is InChI=1S/C13H15FO3/c1-13(2,3)17-12(16)10(14)11(15)9-7-5-4-6-8-9/h4-8,10H,1-3H3. The predicted molar refractivity (Wildman–Crippen MR) is 61.5 cm³/mol. The molecule has 0 aliphatic rings. The van der Waals surface area contributed by atoms with E-state index in [0.29, 0.717) is 0 Å². The molecule has 17 heavy (non-hydrogen) atoms. The first-order chi connectivity index (χ1) is 7.81. The van der Waals surface area contributed by atoms with Gasteiger partial charge in [-0.2, -0.15) is 0 Å². The summed E-state index contributed by atoms with van der Waals surface area (Å²) in [4.78, 5) is 23.0. The van der Waals surface area contributed by atoms with Gasteiger partial charge in [0.2, 0.25) is 5.78 Å². The van der Waals surface area contributed by atoms with Crippen molar-refractivity contribution in [2.75, 3.05) is 0 Å². The highest BCUT2D eigenvalue weighted by atomic mass is 19.1. The molecular weight excluding hydrogens is 223 g/mol. The van der Waals surface area contributed by atoms with Crippen LogP contribution in [-0.4, -0.2) is 23.5 Å². The van der Waals surface area contributed by atoms with Gasteiger partial charge in [0.15, 0.2) is 0 Å². The molecule has 0 N–H and O–H groups in total. The Morgan fingerprint density at radius 1 is 1.18 bits per heavy atom. The van der Waals surface area contributed by atoms with Crippen molar-refractivity contribution in [1.82, 2.24) is 0 Å². The van der Waals surface area contributed by atoms with Crippen LogP contribution in [0.5, 0.6) is 0 Å². The number of carbonyl (C=O) groups excluding carboxylic acids is 2. The van der Waals surface area contributed by atoms with Gasteiger partial charge in [-0.3, -0.25) is 4.79 Å². The van der Waals surface area contributed by atoms with Crippen molar-refractivity contribution in [2.24, 2.45) is 0 Å². The quantitative estimate of drug-likeness (QED) is 0.461. The maximum absolute atomic E-state index is 13.6. The summed E-state index contributed by atoms with van der Waals surface area (Å²) in [5.74, 6) is -2.02. The molecule has 1 aromatic rings. The number of hydrogen-bond donors (Lipinski definition) is 0. The number of alkyl halides is 1. The Labute approximate surface area is 99.6 Å². The van der Waals surface area contributed by atoms with Crippen molar-refractivity contribution < 1.29 is 18.7 Å². The van der Waals surface area contributed by atoms with Gasteiger partial charge in [-0.1, -0.05) is 30.3 Å². The van der Waals surface area contributed by atoms with Crippen molar-refractivity contribution in [3.63, 3.8) is 0 Å². The smallest absolute Gasteiger partial charge is 0.349 e. The summed E-state index contributed by atoms with van der Waals surface area (Å²) in [6.45, 7) is 4.85. The second-order valence-corrected chi connectivity index (χ2v) is 4.63. The van der Waals surface area contributed by atoms with Crippen molar-refractivity contribution in [2.45, 2.75) is 32.5 Å². The van der Waals surface area contributed by atoms with E-state index in [9.17, 15) is 14.0 Å². The highest BCUT2D eigenvalue weighted by molar-refractivity contribution is 6.11. The molecule has 0 aliphatic carbocycles. The van der Waals surface area contributed by atoms with Gasteiger partial charge in [-0.15, -0.1) is 0 Å². The van der Waals surface area contributed by atoms with Gasteiger partial charge in [0.25, 0.3) is 6.17 Å². The number of ether oxygens (including phenoxy) is 1. The van der Waals surface area contributed by atoms with Gasteiger partial charge in [-0.05, 0) is 20.8 Å². The fourth-order valence-electron chi connectivity index (χ4n) is 1.21. The maximum atomic E-state index is 13.6. The van der Waals surface area contributed by atoms with E-state index in [2.05, 4.69) is 0 Å². The molecule has 0 spiro atoms. The number of rotatable bonds is 3. The van der Waals surface area contributed by atoms with Crippen molar-refractivity contribution in [3.05, 3.63) is 35.9 Å². The van der Waals surface area contributed by atoms with Gasteiger partial charge in [0.05, 0.1) is 0 Å². The Kier molecular flexibility index (Phi) is 3.99. The number of carbonyl (C=O) groups is 2. The first kappa shape index (κ1) is 13.4. The third-order valence-corrected chi connectivity index (χ3v) is 1.90. The summed E-state index contributed by atoms with van der Waals surface area (Å²) in [5.41, 5.74) is -0.649. The van der Waals surface area contributed by atoms with Gasteiger partial charge in [0.1, 0.15) is 5.60 Å². The molecule has 0 fully saturated rings. The van der Waals surface area contributed by atoms with Gasteiger partial charge < -0.3 is 4.74 Å². The lowest BCUT2D eigenvalue weighted by atomic mass is 10.1. The molecule has 1 rings (SSSR count). The van der Waals surface area contributed by atoms with Crippen molar-refractivity contribution in [1.29, 1.82) is 0 Å². The summed E-state index contributed by atoms with van der Waals surface area (Å²) in [7, 11) is 0. The summed E-state index contributed by atoms with van der Waals surface area (Å²) in [6.07, 6.45) is -2.27. The van der Waals surface area contributed by atoms with Crippen LogP contribution in [0.4, 0.5) is 4.39 Å². The summed E-state index contributed by atoms with van der Waals surface area (Å²) in [6, 6.07) is 7.83. The third kappa shape index (κ3) is 3.98. The molecule has 1 aromatic carbocycles. The minimum atomic E-state index is -2.27. The zero-order chi connectivity index (χ0) is 13.1. The fraction of sp³-hybridized carbons (Fsp3) is 0.385. The molecule has 0 saturated heterocycles. The zero-order valence-electron chi connectivity index (χ0n) is 10.1. The summed E-state index contributed by atoms with van der Waals surface area (Å²) < 4.78 is 18.4. The van der Waals surface area contributed by atoms with Crippen LogP contribution in [0.2, 0.25) is 0 Å². The number of halogens is 1. The molecule has 0 aliphatic heterocycles. The SMILES string of the molecule is CC(C)(C)OC(=O)C(F)C(=O)c1ccccc1. The Morgan fingerprint density at radius 3 is 2.18 bits per heavy atom. The second-order valence-electron chi connectivity index (χ2n) is 4.63. The van der Waals surface area contributed by atoms with Crippen LogP contribution in [0.25, 0.3) is 0 Å². The highest BCUT2D eigenvalue weighted by Gasteiger charge is 2.31. The number of esters is 1. The summed E-state index contributed by atoms with van der Waals surface area (Å²) in [5, 5.41) is 0. The van der Waals surface area contributed by atoms with Crippen LogP contribution in [0.15, 0.2) is 30.3 Å². The largest absolute Gasteiger partial charge is 0.457 e. The van der Waals surface area contributed by atoms with Gasteiger partial charge in [-0.25, -0.2) is 9.18 Å². The average molecular weight is 238 g/mol. The summed E-state index contributed by atoms with van der Waals surface area (Å²) >= 11 is 0. The predicted octanol–water partition coefficient (Wildman–Crippen LogP) is 2.55. The van der Waals surface area contributed by atoms with Crippen molar-refractivity contribution >= 4 is 11.8 Å². The number of benzene rings is 1. The highest BCUT2D eigenvalue weighted by Crippen LogP contribution is 2.13. The first-order valence-electron chi connectivity index (χ1n) is 5.27. The Morgan fingerprint density at radius 2 is 1.71 bits per heavy atom. The lowest BCUT2D eigenvalue weighted by Gasteiger charge is -2.20. The van der Waals surface area contributed by atoms with E-state index in [1.807, 2.05) is 0 Å². The molecule has 0 heterocycles. The third-order valence-electron chi connectivity index (χ3n) is 1.90. The second kappa shape index (κ2) is 5.08. The number of hydrogen-bond acceptors (Lipinski definition) is 3. The van der Waals surface area contributed by atoms with Crippen LogP contribution in [-0.2, 0) is 9.53 Å². The van der Waals surface area contributed by atoms with Crippen LogP contribution in [0, 0.1) is 0 Å². The normalized spacial score (nSPS) is 12.9. The van der Waals surface area contributed by atoms with E-state index in [0.717, 1.165) is 0 Å². The molecule has 0 bridgehead atoms. The number of ketones is 1. The fourth-order valence-corrected chi connectivity index (χ4v) is 1.21. The Balaban J connectivity index is 2.74. The van der Waals surface area contributed by atoms with Gasteiger partial charge >= 0.3 is 5.97 Å². The van der Waals surface area contributed by atoms with Crippen LogP contribution in [0.1, 0.15) is 31.1 Å². The minimum absolute atomic E-state index is 0.158. The maximum Gasteiger partial charge on any atom is 0.349 e. The van der Waals surface area contributed by atoms with E-state index in [1.165, 1.54) is 12.1 Å². The molecular formula is C13H15FO3. The number of Topliss-reactive ketones (excluding diaryl/α,β-unsaturated/α-hetero) is 1. The molecule has 1 unspecified atom stereocenters. The Hall–Kier alpha value is -1.71. The topological polar surface area (TPSA) is 43.4 Å². The lowest BCUT2D eigenvalue weighted by Crippen LogP contribution is -2.34. The molecule has 0 amide bonds. The van der Waals surface area contributed by atoms with E-state index >= 15 is 0 Å². The Bertz CT molecular complexity index is 406. The van der Waals surface area contributed by atoms with E-state index in [4.69, 9.17) is 4.74 Å². The van der Waals surface area contributed by atoms with Crippen LogP contribution in [0.3, 0.4) is 0 Å². The van der Waals surface area contributed by atoms with Crippen molar-refractivity contribution in [3.8, 4) is 0 Å². The minimum Gasteiger partial charge on any atom is -0.457 e. The average Bonchev–Trinajstić information content (AvgIpc) is 2.26. The zero-order valence-corrected chi connectivity index (χ0v) is 10.1. The lowest BCUT2D eigenvalue weighted by molar-refractivity contribution is -0.158. The van der Waals surface area contributed by atoms with E-state index in [1.54, 1.807) is 39.0 Å². The first-order valence-corrected chi connectivity index (χ1v) is 5.27. The molecule has 0 aromatic heterocycles. The van der Waals surface area contributed by atoms with Crippen LogP contribution < -0.4 is 0 Å². The van der Waals surface area contributed by atoms with Crippen LogP contribution >= 0.6 is 0 Å².